The second kappa shape index (κ2) is 5.48. The Kier molecular flexibility index (Phi) is 4.22. The van der Waals surface area contributed by atoms with Crippen LogP contribution in [-0.2, 0) is 4.74 Å². The number of nitrogens with one attached hydrogen (secondary N) is 1. The molecule has 0 amide bonds. The molecule has 0 aliphatic carbocycles. The highest BCUT2D eigenvalue weighted by molar-refractivity contribution is 4.89. The Hall–Kier alpha value is -0.120. The number of nitrogens with zero attached hydrogens (tertiary/aromatic N) is 1. The van der Waals surface area contributed by atoms with Crippen LogP contribution in [0.25, 0.3) is 0 Å². The molecule has 0 aromatic carbocycles. The van der Waals surface area contributed by atoms with Gasteiger partial charge in [0.1, 0.15) is 0 Å². The van der Waals surface area contributed by atoms with Crippen LogP contribution >= 0.6 is 0 Å². The van der Waals surface area contributed by atoms with Crippen LogP contribution in [-0.4, -0.2) is 50.3 Å². The molecular weight excluding hydrogens is 200 g/mol. The lowest BCUT2D eigenvalue weighted by molar-refractivity contribution is 0.0632. The number of hydrogen-bond acceptors (Lipinski definition) is 3. The van der Waals surface area contributed by atoms with E-state index in [0.717, 1.165) is 19.8 Å². The van der Waals surface area contributed by atoms with Crippen molar-refractivity contribution in [3.05, 3.63) is 0 Å². The Morgan fingerprint density at radius 3 is 2.75 bits per heavy atom. The summed E-state index contributed by atoms with van der Waals surface area (Å²) in [7, 11) is 0. The van der Waals surface area contributed by atoms with Crippen molar-refractivity contribution in [2.45, 2.75) is 39.2 Å². The molecule has 2 rings (SSSR count). The zero-order chi connectivity index (χ0) is 11.4. The van der Waals surface area contributed by atoms with E-state index in [4.69, 9.17) is 4.74 Å². The van der Waals surface area contributed by atoms with E-state index in [9.17, 15) is 0 Å². The van der Waals surface area contributed by atoms with E-state index in [1.54, 1.807) is 0 Å². The maximum absolute atomic E-state index is 5.51. The standard InChI is InChI=1S/C13H26N2O/c1-3-13(4-2)5-7-15(11-13)9-12-10-16-8-6-14-12/h12,14H,3-11H2,1-2H3. The van der Waals surface area contributed by atoms with Gasteiger partial charge in [0.15, 0.2) is 0 Å². The summed E-state index contributed by atoms with van der Waals surface area (Å²) in [5, 5.41) is 3.54. The fourth-order valence-electron chi connectivity index (χ4n) is 3.06. The Balaban J connectivity index is 1.79. The molecule has 3 nitrogen and oxygen atoms in total. The van der Waals surface area contributed by atoms with E-state index in [1.165, 1.54) is 38.9 Å². The molecular formula is C13H26N2O. The topological polar surface area (TPSA) is 24.5 Å². The highest BCUT2D eigenvalue weighted by Crippen LogP contribution is 2.36. The first-order valence-electron chi connectivity index (χ1n) is 6.81. The minimum Gasteiger partial charge on any atom is -0.378 e. The zero-order valence-electron chi connectivity index (χ0n) is 10.8. The first-order valence-corrected chi connectivity index (χ1v) is 6.81. The highest BCUT2D eigenvalue weighted by atomic mass is 16.5. The van der Waals surface area contributed by atoms with Gasteiger partial charge >= 0.3 is 0 Å². The third kappa shape index (κ3) is 2.76. The molecule has 2 saturated heterocycles. The van der Waals surface area contributed by atoms with Crippen LogP contribution in [0.15, 0.2) is 0 Å². The van der Waals surface area contributed by atoms with Gasteiger partial charge in [-0.3, -0.25) is 0 Å². The van der Waals surface area contributed by atoms with Gasteiger partial charge in [0.2, 0.25) is 0 Å². The first kappa shape index (κ1) is 12.3. The predicted molar refractivity (Wildman–Crippen MR) is 66.7 cm³/mol. The molecule has 1 atom stereocenters. The second-order valence-corrected chi connectivity index (χ2v) is 5.42. The van der Waals surface area contributed by atoms with E-state index in [2.05, 4.69) is 24.1 Å². The number of rotatable bonds is 4. The summed E-state index contributed by atoms with van der Waals surface area (Å²) in [6.07, 6.45) is 4.04. The Bertz CT molecular complexity index is 210. The van der Waals surface area contributed by atoms with Crippen molar-refractivity contribution >= 4 is 0 Å². The largest absolute Gasteiger partial charge is 0.378 e. The van der Waals surface area contributed by atoms with Crippen molar-refractivity contribution in [3.8, 4) is 0 Å². The normalized spacial score (nSPS) is 30.8. The minimum absolute atomic E-state index is 0.554. The van der Waals surface area contributed by atoms with Gasteiger partial charge in [0, 0.05) is 25.7 Å². The molecule has 1 unspecified atom stereocenters. The molecule has 0 bridgehead atoms. The summed E-state index contributed by atoms with van der Waals surface area (Å²) in [6.45, 7) is 11.2. The SMILES string of the molecule is CCC1(CC)CCN(CC2COCCN2)C1. The summed E-state index contributed by atoms with van der Waals surface area (Å²) < 4.78 is 5.51. The molecule has 94 valence electrons. The molecule has 2 aliphatic rings. The predicted octanol–water partition coefficient (Wildman–Crippen LogP) is 1.49. The second-order valence-electron chi connectivity index (χ2n) is 5.42. The van der Waals surface area contributed by atoms with E-state index in [1.807, 2.05) is 0 Å². The lowest BCUT2D eigenvalue weighted by Crippen LogP contribution is -2.48. The maximum Gasteiger partial charge on any atom is 0.0632 e. The number of likely N-dealkylation sites (tertiary alicyclic amines) is 1. The lowest BCUT2D eigenvalue weighted by Gasteiger charge is -2.30. The van der Waals surface area contributed by atoms with Gasteiger partial charge in [-0.25, -0.2) is 0 Å². The number of ether oxygens (including phenoxy) is 1. The number of morpholine rings is 1. The Morgan fingerprint density at radius 1 is 1.38 bits per heavy atom. The smallest absolute Gasteiger partial charge is 0.0632 e. The third-order valence-electron chi connectivity index (χ3n) is 4.49. The average Bonchev–Trinajstić information content (AvgIpc) is 2.75. The molecule has 1 N–H and O–H groups in total. The third-order valence-corrected chi connectivity index (χ3v) is 4.49. The van der Waals surface area contributed by atoms with Crippen LogP contribution in [0.3, 0.4) is 0 Å². The van der Waals surface area contributed by atoms with Crippen molar-refractivity contribution in [3.63, 3.8) is 0 Å². The molecule has 0 radical (unpaired) electrons. The van der Waals surface area contributed by atoms with Crippen molar-refractivity contribution in [1.29, 1.82) is 0 Å². The van der Waals surface area contributed by atoms with Crippen LogP contribution in [0, 0.1) is 5.41 Å². The van der Waals surface area contributed by atoms with Crippen LogP contribution in [0.5, 0.6) is 0 Å². The van der Waals surface area contributed by atoms with E-state index < -0.39 is 0 Å². The molecule has 2 fully saturated rings. The Morgan fingerprint density at radius 2 is 2.19 bits per heavy atom. The highest BCUT2D eigenvalue weighted by Gasteiger charge is 2.35. The van der Waals surface area contributed by atoms with Gasteiger partial charge in [0.05, 0.1) is 13.2 Å². The van der Waals surface area contributed by atoms with Crippen molar-refractivity contribution in [2.24, 2.45) is 5.41 Å². The lowest BCUT2D eigenvalue weighted by atomic mass is 9.82. The summed E-state index contributed by atoms with van der Waals surface area (Å²) in [6, 6.07) is 0.554. The van der Waals surface area contributed by atoms with Crippen LogP contribution < -0.4 is 5.32 Å². The minimum atomic E-state index is 0.554. The summed E-state index contributed by atoms with van der Waals surface area (Å²) in [5.41, 5.74) is 0.607. The molecule has 0 aromatic rings. The van der Waals surface area contributed by atoms with Gasteiger partial charge < -0.3 is 15.0 Å². The van der Waals surface area contributed by atoms with Crippen LogP contribution in [0.2, 0.25) is 0 Å². The summed E-state index contributed by atoms with van der Waals surface area (Å²) >= 11 is 0. The van der Waals surface area contributed by atoms with Crippen LogP contribution in [0.1, 0.15) is 33.1 Å². The van der Waals surface area contributed by atoms with E-state index >= 15 is 0 Å². The monoisotopic (exact) mass is 226 g/mol. The fraction of sp³-hybridized carbons (Fsp3) is 1.00. The van der Waals surface area contributed by atoms with Crippen LogP contribution in [0.4, 0.5) is 0 Å². The van der Waals surface area contributed by atoms with Gasteiger partial charge in [-0.1, -0.05) is 13.8 Å². The zero-order valence-corrected chi connectivity index (χ0v) is 10.8. The van der Waals surface area contributed by atoms with Gasteiger partial charge in [0.25, 0.3) is 0 Å². The molecule has 0 saturated carbocycles. The molecule has 16 heavy (non-hydrogen) atoms. The fourth-order valence-corrected chi connectivity index (χ4v) is 3.06. The average molecular weight is 226 g/mol. The van der Waals surface area contributed by atoms with Crippen molar-refractivity contribution < 1.29 is 4.74 Å². The quantitative estimate of drug-likeness (QED) is 0.786. The summed E-state index contributed by atoms with van der Waals surface area (Å²) in [5.74, 6) is 0. The molecule has 2 heterocycles. The molecule has 3 heteroatoms. The summed E-state index contributed by atoms with van der Waals surface area (Å²) in [4.78, 5) is 2.62. The molecule has 0 aromatic heterocycles. The molecule has 0 spiro atoms. The van der Waals surface area contributed by atoms with Crippen molar-refractivity contribution in [1.82, 2.24) is 10.2 Å². The van der Waals surface area contributed by atoms with Gasteiger partial charge in [-0.05, 0) is 31.2 Å². The maximum atomic E-state index is 5.51. The van der Waals surface area contributed by atoms with E-state index in [0.29, 0.717) is 11.5 Å². The molecule has 2 aliphatic heterocycles. The van der Waals surface area contributed by atoms with Crippen molar-refractivity contribution in [2.75, 3.05) is 39.4 Å². The van der Waals surface area contributed by atoms with Gasteiger partial charge in [-0.15, -0.1) is 0 Å². The Labute approximate surface area is 99.5 Å². The number of hydrogen-bond donors (Lipinski definition) is 1. The first-order chi connectivity index (χ1) is 7.78. The van der Waals surface area contributed by atoms with E-state index in [-0.39, 0.29) is 0 Å². The van der Waals surface area contributed by atoms with Gasteiger partial charge in [-0.2, -0.15) is 0 Å².